The van der Waals surface area contributed by atoms with Crippen molar-refractivity contribution in [2.45, 2.75) is 38.3 Å². The van der Waals surface area contributed by atoms with Gasteiger partial charge in [0, 0.05) is 18.7 Å². The Morgan fingerprint density at radius 3 is 2.57 bits per heavy atom. The Labute approximate surface area is 134 Å². The molecule has 0 N–H and O–H groups in total. The molecule has 0 heterocycles. The topological polar surface area (TPSA) is 72.7 Å². The summed E-state index contributed by atoms with van der Waals surface area (Å²) in [7, 11) is 3.35. The van der Waals surface area contributed by atoms with Crippen LogP contribution in [0.3, 0.4) is 0 Å². The molecule has 0 aromatic heterocycles. The van der Waals surface area contributed by atoms with Gasteiger partial charge in [-0.2, -0.15) is 4.39 Å². The highest BCUT2D eigenvalue weighted by Crippen LogP contribution is 2.29. The third-order valence-electron chi connectivity index (χ3n) is 4.50. The van der Waals surface area contributed by atoms with E-state index in [1.807, 2.05) is 7.05 Å². The fourth-order valence-corrected chi connectivity index (χ4v) is 3.13. The van der Waals surface area contributed by atoms with E-state index in [-0.39, 0.29) is 11.9 Å². The SMILES string of the molecule is COC(=O)C1CCC(N(C)Cc2ccc([N+](=O)[O-])c(F)c2)CC1. The van der Waals surface area contributed by atoms with Crippen LogP contribution in [0.4, 0.5) is 10.1 Å². The van der Waals surface area contributed by atoms with Crippen LogP contribution in [0, 0.1) is 21.8 Å². The molecule has 1 aromatic rings. The van der Waals surface area contributed by atoms with Crippen LogP contribution < -0.4 is 0 Å². The summed E-state index contributed by atoms with van der Waals surface area (Å²) in [5.74, 6) is -0.986. The smallest absolute Gasteiger partial charge is 0.308 e. The van der Waals surface area contributed by atoms with Crippen molar-refractivity contribution in [2.24, 2.45) is 5.92 Å². The van der Waals surface area contributed by atoms with Crippen LogP contribution in [0.2, 0.25) is 0 Å². The minimum atomic E-state index is -0.810. The van der Waals surface area contributed by atoms with Gasteiger partial charge in [-0.3, -0.25) is 19.8 Å². The van der Waals surface area contributed by atoms with E-state index in [9.17, 15) is 19.3 Å². The maximum absolute atomic E-state index is 13.7. The molecule has 0 saturated heterocycles. The average Bonchev–Trinajstić information content (AvgIpc) is 2.54. The molecule has 0 unspecified atom stereocenters. The van der Waals surface area contributed by atoms with E-state index in [2.05, 4.69) is 4.90 Å². The summed E-state index contributed by atoms with van der Waals surface area (Å²) < 4.78 is 18.4. The van der Waals surface area contributed by atoms with Crippen LogP contribution in [0.5, 0.6) is 0 Å². The van der Waals surface area contributed by atoms with Gasteiger partial charge in [-0.05, 0) is 44.4 Å². The van der Waals surface area contributed by atoms with E-state index < -0.39 is 16.4 Å². The predicted molar refractivity (Wildman–Crippen MR) is 82.3 cm³/mol. The number of nitro benzene ring substituents is 1. The summed E-state index contributed by atoms with van der Waals surface area (Å²) in [4.78, 5) is 23.5. The Kier molecular flexibility index (Phi) is 5.65. The summed E-state index contributed by atoms with van der Waals surface area (Å²) in [5.41, 5.74) is 0.195. The first-order chi connectivity index (χ1) is 10.9. The third kappa shape index (κ3) is 4.25. The van der Waals surface area contributed by atoms with E-state index in [1.54, 1.807) is 6.07 Å². The van der Waals surface area contributed by atoms with Gasteiger partial charge in [0.1, 0.15) is 0 Å². The molecule has 1 saturated carbocycles. The molecule has 0 spiro atoms. The van der Waals surface area contributed by atoms with Crippen LogP contribution in [0.1, 0.15) is 31.2 Å². The van der Waals surface area contributed by atoms with E-state index in [0.29, 0.717) is 18.2 Å². The van der Waals surface area contributed by atoms with E-state index in [0.717, 1.165) is 25.7 Å². The quantitative estimate of drug-likeness (QED) is 0.473. The molecular weight excluding hydrogens is 303 g/mol. The zero-order valence-corrected chi connectivity index (χ0v) is 13.3. The average molecular weight is 324 g/mol. The standard InChI is InChI=1S/C16H21FN2O4/c1-18(13-6-4-12(5-7-13)16(20)23-2)10-11-3-8-15(19(21)22)14(17)9-11/h3,8-9,12-13H,4-7,10H2,1-2H3. The number of esters is 1. The van der Waals surface area contributed by atoms with Gasteiger partial charge >= 0.3 is 11.7 Å². The molecule has 0 radical (unpaired) electrons. The van der Waals surface area contributed by atoms with Gasteiger partial charge in [-0.1, -0.05) is 6.07 Å². The lowest BCUT2D eigenvalue weighted by Crippen LogP contribution is -2.36. The van der Waals surface area contributed by atoms with Crippen LogP contribution >= 0.6 is 0 Å². The second-order valence-corrected chi connectivity index (χ2v) is 5.99. The molecule has 6 nitrogen and oxygen atoms in total. The highest BCUT2D eigenvalue weighted by molar-refractivity contribution is 5.72. The normalized spacial score (nSPS) is 21.2. The number of hydrogen-bond acceptors (Lipinski definition) is 5. The highest BCUT2D eigenvalue weighted by atomic mass is 19.1. The van der Waals surface area contributed by atoms with Crippen molar-refractivity contribution in [1.29, 1.82) is 0 Å². The first-order valence-electron chi connectivity index (χ1n) is 7.63. The summed E-state index contributed by atoms with van der Waals surface area (Å²) >= 11 is 0. The van der Waals surface area contributed by atoms with Crippen LogP contribution in [-0.4, -0.2) is 36.0 Å². The van der Waals surface area contributed by atoms with Gasteiger partial charge in [-0.15, -0.1) is 0 Å². The fraction of sp³-hybridized carbons (Fsp3) is 0.562. The largest absolute Gasteiger partial charge is 0.469 e. The first-order valence-corrected chi connectivity index (χ1v) is 7.63. The zero-order chi connectivity index (χ0) is 17.0. The van der Waals surface area contributed by atoms with Crippen molar-refractivity contribution in [3.05, 3.63) is 39.7 Å². The highest BCUT2D eigenvalue weighted by Gasteiger charge is 2.28. The molecule has 1 aliphatic carbocycles. The number of carbonyl (C=O) groups is 1. The summed E-state index contributed by atoms with van der Waals surface area (Å²) in [6.45, 7) is 0.516. The maximum atomic E-state index is 13.7. The summed E-state index contributed by atoms with van der Waals surface area (Å²) in [5, 5.41) is 10.6. The van der Waals surface area contributed by atoms with Gasteiger partial charge in [0.2, 0.25) is 5.82 Å². The molecule has 0 aliphatic heterocycles. The number of ether oxygens (including phenoxy) is 1. The zero-order valence-electron chi connectivity index (χ0n) is 13.3. The summed E-state index contributed by atoms with van der Waals surface area (Å²) in [6, 6.07) is 4.31. The Morgan fingerprint density at radius 1 is 1.39 bits per heavy atom. The van der Waals surface area contributed by atoms with Crippen molar-refractivity contribution in [3.63, 3.8) is 0 Å². The second kappa shape index (κ2) is 7.50. The number of methoxy groups -OCH3 is 1. The number of nitro groups is 1. The van der Waals surface area contributed by atoms with Gasteiger partial charge in [0.15, 0.2) is 0 Å². The van der Waals surface area contributed by atoms with Crippen molar-refractivity contribution in [3.8, 4) is 0 Å². The molecular formula is C16H21FN2O4. The van der Waals surface area contributed by atoms with Crippen LogP contribution in [0.25, 0.3) is 0 Å². The lowest BCUT2D eigenvalue weighted by Gasteiger charge is -2.33. The van der Waals surface area contributed by atoms with Gasteiger partial charge < -0.3 is 4.74 Å². The van der Waals surface area contributed by atoms with Gasteiger partial charge in [0.05, 0.1) is 18.0 Å². The van der Waals surface area contributed by atoms with Crippen molar-refractivity contribution < 1.29 is 18.8 Å². The minimum absolute atomic E-state index is 0.0264. The summed E-state index contributed by atoms with van der Waals surface area (Å²) in [6.07, 6.45) is 3.34. The molecule has 1 fully saturated rings. The monoisotopic (exact) mass is 324 g/mol. The minimum Gasteiger partial charge on any atom is -0.469 e. The maximum Gasteiger partial charge on any atom is 0.308 e. The first kappa shape index (κ1) is 17.3. The van der Waals surface area contributed by atoms with Crippen LogP contribution in [0.15, 0.2) is 18.2 Å². The number of benzene rings is 1. The Balaban J connectivity index is 1.93. The molecule has 0 amide bonds. The molecule has 1 aliphatic rings. The van der Waals surface area contributed by atoms with Crippen LogP contribution in [-0.2, 0) is 16.1 Å². The van der Waals surface area contributed by atoms with Crippen molar-refractivity contribution in [1.82, 2.24) is 4.90 Å². The number of halogens is 1. The van der Waals surface area contributed by atoms with Gasteiger partial charge in [-0.25, -0.2) is 0 Å². The molecule has 7 heteroatoms. The number of nitrogens with zero attached hydrogens (tertiary/aromatic N) is 2. The van der Waals surface area contributed by atoms with E-state index in [4.69, 9.17) is 4.74 Å². The van der Waals surface area contributed by atoms with E-state index in [1.165, 1.54) is 19.2 Å². The Bertz CT molecular complexity index is 585. The van der Waals surface area contributed by atoms with Crippen molar-refractivity contribution >= 4 is 11.7 Å². The third-order valence-corrected chi connectivity index (χ3v) is 4.50. The Hall–Kier alpha value is -2.02. The number of carbonyl (C=O) groups excluding carboxylic acids is 1. The second-order valence-electron chi connectivity index (χ2n) is 5.99. The van der Waals surface area contributed by atoms with E-state index >= 15 is 0 Å². The predicted octanol–water partition coefficient (Wildman–Crippen LogP) is 2.90. The number of hydrogen-bond donors (Lipinski definition) is 0. The lowest BCUT2D eigenvalue weighted by molar-refractivity contribution is -0.387. The molecule has 0 atom stereocenters. The molecule has 2 rings (SSSR count). The van der Waals surface area contributed by atoms with Gasteiger partial charge in [0.25, 0.3) is 0 Å². The molecule has 126 valence electrons. The molecule has 1 aromatic carbocycles. The molecule has 0 bridgehead atoms. The lowest BCUT2D eigenvalue weighted by atomic mass is 9.85. The fourth-order valence-electron chi connectivity index (χ4n) is 3.13. The Morgan fingerprint density at radius 2 is 2.04 bits per heavy atom. The number of rotatable bonds is 5. The molecule has 23 heavy (non-hydrogen) atoms. The van der Waals surface area contributed by atoms with Crippen molar-refractivity contribution in [2.75, 3.05) is 14.2 Å².